The summed E-state index contributed by atoms with van der Waals surface area (Å²) in [5.74, 6) is 0. The molecule has 2 N–H and O–H groups in total. The number of amides is 3. The van der Waals surface area contributed by atoms with Gasteiger partial charge in [-0.15, -0.1) is 0 Å². The van der Waals surface area contributed by atoms with Crippen molar-refractivity contribution in [2.24, 2.45) is 0 Å². The van der Waals surface area contributed by atoms with Crippen LogP contribution < -0.4 is 10.6 Å². The maximum Gasteiger partial charge on any atom is 0.415 e. The number of carbonyl (C=O) groups is 2. The van der Waals surface area contributed by atoms with Gasteiger partial charge < -0.3 is 10.1 Å². The molecule has 6 heteroatoms. The molecule has 0 fully saturated rings. The monoisotopic (exact) mass is 256 g/mol. The van der Waals surface area contributed by atoms with Gasteiger partial charge in [-0.2, -0.15) is 11.3 Å². The molecule has 94 valence electrons. The van der Waals surface area contributed by atoms with Gasteiger partial charge in [-0.25, -0.2) is 14.9 Å². The minimum atomic E-state index is -0.708. The van der Waals surface area contributed by atoms with Crippen LogP contribution in [0.4, 0.5) is 9.59 Å². The summed E-state index contributed by atoms with van der Waals surface area (Å²) < 4.78 is 4.70. The molecule has 0 saturated carbocycles. The summed E-state index contributed by atoms with van der Waals surface area (Å²) in [6, 6.07) is 1.47. The molecule has 0 aromatic carbocycles. The summed E-state index contributed by atoms with van der Waals surface area (Å²) in [4.78, 5) is 22.2. The number of alkyl carbamates (subject to hydrolysis) is 1. The van der Waals surface area contributed by atoms with Crippen LogP contribution in [0.1, 0.15) is 18.9 Å². The third-order valence-electron chi connectivity index (χ3n) is 1.93. The largest absolute Gasteiger partial charge is 0.449 e. The van der Waals surface area contributed by atoms with Crippen LogP contribution in [0.15, 0.2) is 16.8 Å². The Balaban J connectivity index is 2.10. The zero-order valence-electron chi connectivity index (χ0n) is 9.69. The normalized spacial score (nSPS) is 9.71. The van der Waals surface area contributed by atoms with Crippen LogP contribution >= 0.6 is 11.3 Å². The van der Waals surface area contributed by atoms with Crippen molar-refractivity contribution in [2.45, 2.75) is 19.8 Å². The summed E-state index contributed by atoms with van der Waals surface area (Å²) in [5.41, 5.74) is 1.17. The van der Waals surface area contributed by atoms with Crippen molar-refractivity contribution in [3.8, 4) is 0 Å². The zero-order chi connectivity index (χ0) is 12.5. The number of imide groups is 1. The maximum absolute atomic E-state index is 11.2. The average Bonchev–Trinajstić information content (AvgIpc) is 2.79. The predicted molar refractivity (Wildman–Crippen MR) is 66.2 cm³/mol. The summed E-state index contributed by atoms with van der Waals surface area (Å²) >= 11 is 1.62. The van der Waals surface area contributed by atoms with Gasteiger partial charge >= 0.3 is 12.1 Å². The van der Waals surface area contributed by atoms with Gasteiger partial charge in [0.1, 0.15) is 0 Å². The van der Waals surface area contributed by atoms with Crippen molar-refractivity contribution in [3.63, 3.8) is 0 Å². The quantitative estimate of drug-likeness (QED) is 0.848. The number of nitrogens with one attached hydrogen (secondary N) is 2. The number of ether oxygens (including phenoxy) is 1. The van der Waals surface area contributed by atoms with Crippen molar-refractivity contribution in [1.82, 2.24) is 10.6 Å². The van der Waals surface area contributed by atoms with Crippen LogP contribution in [0.25, 0.3) is 0 Å². The molecular formula is C11H16N2O3S. The topological polar surface area (TPSA) is 67.4 Å². The Labute approximate surface area is 104 Å². The number of carbonyl (C=O) groups excluding carboxylic acids is 2. The SMILES string of the molecule is CCCOC(=O)NC(=O)NCCc1ccsc1. The lowest BCUT2D eigenvalue weighted by atomic mass is 10.2. The van der Waals surface area contributed by atoms with E-state index in [1.807, 2.05) is 23.8 Å². The first-order chi connectivity index (χ1) is 8.22. The minimum Gasteiger partial charge on any atom is -0.449 e. The fourth-order valence-electron chi connectivity index (χ4n) is 1.12. The van der Waals surface area contributed by atoms with Crippen molar-refractivity contribution in [1.29, 1.82) is 0 Å². The molecule has 0 unspecified atom stereocenters. The van der Waals surface area contributed by atoms with E-state index in [2.05, 4.69) is 10.6 Å². The lowest BCUT2D eigenvalue weighted by Crippen LogP contribution is -2.40. The van der Waals surface area contributed by atoms with E-state index < -0.39 is 12.1 Å². The Morgan fingerprint density at radius 1 is 1.47 bits per heavy atom. The average molecular weight is 256 g/mol. The lowest BCUT2D eigenvalue weighted by molar-refractivity contribution is 0.147. The van der Waals surface area contributed by atoms with Gasteiger partial charge in [0, 0.05) is 6.54 Å². The molecule has 0 bridgehead atoms. The zero-order valence-corrected chi connectivity index (χ0v) is 10.5. The first-order valence-corrected chi connectivity index (χ1v) is 6.39. The van der Waals surface area contributed by atoms with E-state index in [4.69, 9.17) is 4.74 Å². The molecule has 0 saturated heterocycles. The summed E-state index contributed by atoms with van der Waals surface area (Å²) in [6.07, 6.45) is 0.772. The molecule has 1 heterocycles. The fraction of sp³-hybridized carbons (Fsp3) is 0.455. The Morgan fingerprint density at radius 2 is 2.29 bits per heavy atom. The van der Waals surface area contributed by atoms with Crippen molar-refractivity contribution in [2.75, 3.05) is 13.2 Å². The van der Waals surface area contributed by atoms with Crippen LogP contribution in [0.5, 0.6) is 0 Å². The van der Waals surface area contributed by atoms with Gasteiger partial charge in [0.05, 0.1) is 6.61 Å². The maximum atomic E-state index is 11.2. The molecule has 0 aliphatic carbocycles. The Morgan fingerprint density at radius 3 is 2.94 bits per heavy atom. The third-order valence-corrected chi connectivity index (χ3v) is 2.66. The highest BCUT2D eigenvalue weighted by Crippen LogP contribution is 2.05. The minimum absolute atomic E-state index is 0.314. The first kappa shape index (κ1) is 13.5. The number of thiophene rings is 1. The number of rotatable bonds is 5. The standard InChI is InChI=1S/C11H16N2O3S/c1-2-6-16-11(15)13-10(14)12-5-3-9-4-7-17-8-9/h4,7-8H,2-3,5-6H2,1H3,(H2,12,13,14,15). The fourth-order valence-corrected chi connectivity index (χ4v) is 1.83. The summed E-state index contributed by atoms with van der Waals surface area (Å²) in [6.45, 7) is 2.69. The first-order valence-electron chi connectivity index (χ1n) is 5.45. The van der Waals surface area contributed by atoms with Crippen LogP contribution in [0.3, 0.4) is 0 Å². The lowest BCUT2D eigenvalue weighted by Gasteiger charge is -2.06. The molecule has 17 heavy (non-hydrogen) atoms. The Kier molecular flexibility index (Phi) is 6.09. The second kappa shape index (κ2) is 7.67. The number of hydrogen-bond donors (Lipinski definition) is 2. The highest BCUT2D eigenvalue weighted by Gasteiger charge is 2.07. The van der Waals surface area contributed by atoms with Crippen LogP contribution in [-0.2, 0) is 11.2 Å². The molecule has 0 aliphatic rings. The molecule has 1 aromatic rings. The molecule has 1 rings (SSSR count). The highest BCUT2D eigenvalue weighted by atomic mass is 32.1. The van der Waals surface area contributed by atoms with E-state index in [0.29, 0.717) is 13.2 Å². The molecule has 5 nitrogen and oxygen atoms in total. The van der Waals surface area contributed by atoms with E-state index in [1.54, 1.807) is 11.3 Å². The van der Waals surface area contributed by atoms with E-state index >= 15 is 0 Å². The second-order valence-electron chi connectivity index (χ2n) is 3.40. The summed E-state index contributed by atoms with van der Waals surface area (Å²) in [7, 11) is 0. The molecule has 0 atom stereocenters. The molecule has 0 spiro atoms. The van der Waals surface area contributed by atoms with Gasteiger partial charge in [0.15, 0.2) is 0 Å². The van der Waals surface area contributed by atoms with Crippen molar-refractivity contribution < 1.29 is 14.3 Å². The molecule has 0 radical (unpaired) electrons. The molecule has 0 aliphatic heterocycles. The van der Waals surface area contributed by atoms with E-state index in [9.17, 15) is 9.59 Å². The van der Waals surface area contributed by atoms with Gasteiger partial charge in [0.2, 0.25) is 0 Å². The number of hydrogen-bond acceptors (Lipinski definition) is 4. The molecule has 1 aromatic heterocycles. The van der Waals surface area contributed by atoms with Gasteiger partial charge in [-0.1, -0.05) is 6.92 Å². The van der Waals surface area contributed by atoms with Gasteiger partial charge in [-0.05, 0) is 35.2 Å². The number of urea groups is 1. The highest BCUT2D eigenvalue weighted by molar-refractivity contribution is 7.07. The summed E-state index contributed by atoms with van der Waals surface area (Å²) in [5, 5.41) is 8.67. The van der Waals surface area contributed by atoms with Crippen molar-refractivity contribution in [3.05, 3.63) is 22.4 Å². The van der Waals surface area contributed by atoms with E-state index in [1.165, 1.54) is 5.56 Å². The molecular weight excluding hydrogens is 240 g/mol. The predicted octanol–water partition coefficient (Wildman–Crippen LogP) is 2.14. The van der Waals surface area contributed by atoms with Gasteiger partial charge in [-0.3, -0.25) is 0 Å². The van der Waals surface area contributed by atoms with Crippen LogP contribution in [0.2, 0.25) is 0 Å². The van der Waals surface area contributed by atoms with E-state index in [-0.39, 0.29) is 0 Å². The van der Waals surface area contributed by atoms with Crippen molar-refractivity contribution >= 4 is 23.5 Å². The second-order valence-corrected chi connectivity index (χ2v) is 4.18. The van der Waals surface area contributed by atoms with E-state index in [0.717, 1.165) is 12.8 Å². The smallest absolute Gasteiger partial charge is 0.415 e. The Hall–Kier alpha value is -1.56. The van der Waals surface area contributed by atoms with Gasteiger partial charge in [0.25, 0.3) is 0 Å². The third kappa shape index (κ3) is 5.91. The molecule has 3 amide bonds. The Bertz CT molecular complexity index is 352. The van der Waals surface area contributed by atoms with Crippen LogP contribution in [0, 0.1) is 0 Å². The van der Waals surface area contributed by atoms with Crippen LogP contribution in [-0.4, -0.2) is 25.3 Å².